The van der Waals surface area contributed by atoms with Gasteiger partial charge in [-0.1, -0.05) is 43.1 Å². The van der Waals surface area contributed by atoms with Gasteiger partial charge < -0.3 is 10.1 Å². The van der Waals surface area contributed by atoms with Gasteiger partial charge in [0.05, 0.1) is 16.1 Å². The van der Waals surface area contributed by atoms with Crippen LogP contribution in [0.1, 0.15) is 25.8 Å². The van der Waals surface area contributed by atoms with Crippen molar-refractivity contribution < 1.29 is 13.2 Å². The topological polar surface area (TPSA) is 67.4 Å². The van der Waals surface area contributed by atoms with Crippen LogP contribution in [0.4, 0.5) is 5.69 Å². The third-order valence-corrected chi connectivity index (χ3v) is 6.53. The number of halogens is 2. The minimum Gasteiger partial charge on any atom is -0.490 e. The monoisotopic (exact) mass is 428 g/mol. The molecule has 27 heavy (non-hydrogen) atoms. The molecule has 0 radical (unpaired) electrons. The Balaban J connectivity index is 1.76. The van der Waals surface area contributed by atoms with Gasteiger partial charge in [-0.15, -0.1) is 0 Å². The van der Waals surface area contributed by atoms with E-state index < -0.39 is 10.0 Å². The van der Waals surface area contributed by atoms with Crippen LogP contribution in [0.15, 0.2) is 41.3 Å². The molecule has 2 aromatic carbocycles. The largest absolute Gasteiger partial charge is 0.490 e. The second-order valence-electron chi connectivity index (χ2n) is 7.02. The van der Waals surface area contributed by atoms with E-state index >= 15 is 0 Å². The molecule has 2 aromatic rings. The van der Waals surface area contributed by atoms with E-state index in [9.17, 15) is 8.42 Å². The molecule has 0 aliphatic carbocycles. The molecule has 1 heterocycles. The van der Waals surface area contributed by atoms with Crippen molar-refractivity contribution in [3.63, 3.8) is 0 Å². The fraction of sp³-hybridized carbons (Fsp3) is 0.368. The van der Waals surface area contributed by atoms with Gasteiger partial charge in [0.2, 0.25) is 10.0 Å². The third-order valence-electron chi connectivity index (χ3n) is 4.23. The number of hydrogen-bond donors (Lipinski definition) is 2. The van der Waals surface area contributed by atoms with Crippen LogP contribution in [0.2, 0.25) is 10.0 Å². The Morgan fingerprint density at radius 1 is 1.19 bits per heavy atom. The van der Waals surface area contributed by atoms with E-state index in [-0.39, 0.29) is 10.9 Å². The van der Waals surface area contributed by atoms with Gasteiger partial charge >= 0.3 is 0 Å². The van der Waals surface area contributed by atoms with E-state index in [1.807, 2.05) is 6.07 Å². The summed E-state index contributed by atoms with van der Waals surface area (Å²) < 4.78 is 33.7. The molecule has 0 bridgehead atoms. The summed E-state index contributed by atoms with van der Waals surface area (Å²) in [5.41, 5.74) is 1.73. The standard InChI is InChI=1S/C19H22Cl2N2O3S/c1-12(2)7-15-11-26-18-9-14(4-6-19(18)27(24,25)23-15)22-10-13-3-5-16(20)17(21)8-13/h3-6,8-9,12,15,22-23H,7,10-11H2,1-2H3/t15-/m0/s1. The molecule has 0 aromatic heterocycles. The summed E-state index contributed by atoms with van der Waals surface area (Å²) in [6.45, 7) is 4.94. The molecule has 0 saturated heterocycles. The highest BCUT2D eigenvalue weighted by molar-refractivity contribution is 7.89. The highest BCUT2D eigenvalue weighted by Gasteiger charge is 2.28. The summed E-state index contributed by atoms with van der Waals surface area (Å²) in [6, 6.07) is 10.2. The summed E-state index contributed by atoms with van der Waals surface area (Å²) in [7, 11) is -3.60. The van der Waals surface area contributed by atoms with Crippen LogP contribution in [-0.4, -0.2) is 21.1 Å². The lowest BCUT2D eigenvalue weighted by Gasteiger charge is -2.16. The van der Waals surface area contributed by atoms with E-state index in [0.717, 1.165) is 17.7 Å². The molecule has 146 valence electrons. The van der Waals surface area contributed by atoms with E-state index in [1.54, 1.807) is 30.3 Å². The molecular weight excluding hydrogens is 407 g/mol. The zero-order valence-corrected chi connectivity index (χ0v) is 17.5. The molecular formula is C19H22Cl2N2O3S. The first-order valence-electron chi connectivity index (χ1n) is 8.71. The highest BCUT2D eigenvalue weighted by Crippen LogP contribution is 2.31. The summed E-state index contributed by atoms with van der Waals surface area (Å²) in [6.07, 6.45) is 0.718. The maximum atomic E-state index is 12.6. The molecule has 0 saturated carbocycles. The zero-order valence-electron chi connectivity index (χ0n) is 15.1. The molecule has 1 aliphatic heterocycles. The Kier molecular flexibility index (Phi) is 6.21. The fourth-order valence-electron chi connectivity index (χ4n) is 3.00. The third kappa shape index (κ3) is 5.08. The molecule has 1 atom stereocenters. The highest BCUT2D eigenvalue weighted by atomic mass is 35.5. The normalized spacial score (nSPS) is 18.5. The number of fused-ring (bicyclic) bond motifs is 1. The summed E-state index contributed by atoms with van der Waals surface area (Å²) in [4.78, 5) is 0.161. The van der Waals surface area contributed by atoms with Gasteiger partial charge in [-0.25, -0.2) is 13.1 Å². The van der Waals surface area contributed by atoms with Crippen molar-refractivity contribution in [3.05, 3.63) is 52.0 Å². The Labute approximate surface area is 170 Å². The van der Waals surface area contributed by atoms with Crippen molar-refractivity contribution in [2.75, 3.05) is 11.9 Å². The molecule has 3 rings (SSSR count). The van der Waals surface area contributed by atoms with Gasteiger partial charge in [-0.2, -0.15) is 0 Å². The predicted molar refractivity (Wildman–Crippen MR) is 109 cm³/mol. The van der Waals surface area contributed by atoms with E-state index in [0.29, 0.717) is 34.9 Å². The number of sulfonamides is 1. The van der Waals surface area contributed by atoms with Crippen LogP contribution >= 0.6 is 23.2 Å². The number of rotatable bonds is 5. The van der Waals surface area contributed by atoms with Gasteiger partial charge in [0, 0.05) is 18.3 Å². The van der Waals surface area contributed by atoms with Gasteiger partial charge in [-0.3, -0.25) is 0 Å². The Bertz CT molecular complexity index is 933. The first-order valence-corrected chi connectivity index (χ1v) is 11.0. The Morgan fingerprint density at radius 3 is 2.67 bits per heavy atom. The number of benzene rings is 2. The van der Waals surface area contributed by atoms with Crippen LogP contribution in [0, 0.1) is 5.92 Å². The molecule has 0 amide bonds. The number of nitrogens with one attached hydrogen (secondary N) is 2. The number of hydrogen-bond acceptors (Lipinski definition) is 4. The van der Waals surface area contributed by atoms with E-state index in [2.05, 4.69) is 23.9 Å². The smallest absolute Gasteiger partial charge is 0.244 e. The second kappa shape index (κ2) is 8.27. The first-order chi connectivity index (χ1) is 12.7. The van der Waals surface area contributed by atoms with Crippen LogP contribution in [0.5, 0.6) is 5.75 Å². The van der Waals surface area contributed by atoms with Crippen molar-refractivity contribution >= 4 is 38.9 Å². The van der Waals surface area contributed by atoms with Gasteiger partial charge in [-0.05, 0) is 42.2 Å². The fourth-order valence-corrected chi connectivity index (χ4v) is 4.68. The quantitative estimate of drug-likeness (QED) is 0.724. The van der Waals surface area contributed by atoms with Crippen molar-refractivity contribution in [2.45, 2.75) is 37.8 Å². The Hall–Kier alpha value is -1.47. The molecule has 2 N–H and O–H groups in total. The molecule has 8 heteroatoms. The SMILES string of the molecule is CC(C)C[C@H]1COc2cc(NCc3ccc(Cl)c(Cl)c3)ccc2S(=O)(=O)N1. The number of anilines is 1. The van der Waals surface area contributed by atoms with Gasteiger partial charge in [0.1, 0.15) is 17.3 Å². The number of ether oxygens (including phenoxy) is 1. The van der Waals surface area contributed by atoms with Crippen LogP contribution in [0.3, 0.4) is 0 Å². The summed E-state index contributed by atoms with van der Waals surface area (Å²) in [5, 5.41) is 4.25. The van der Waals surface area contributed by atoms with Crippen LogP contribution in [-0.2, 0) is 16.6 Å². The lowest BCUT2D eigenvalue weighted by Crippen LogP contribution is -2.37. The van der Waals surface area contributed by atoms with Gasteiger partial charge in [0.25, 0.3) is 0 Å². The maximum Gasteiger partial charge on any atom is 0.244 e. The maximum absolute atomic E-state index is 12.6. The lowest BCUT2D eigenvalue weighted by atomic mass is 10.1. The van der Waals surface area contributed by atoms with E-state index in [1.165, 1.54) is 0 Å². The zero-order chi connectivity index (χ0) is 19.6. The van der Waals surface area contributed by atoms with Gasteiger partial charge in [0.15, 0.2) is 0 Å². The van der Waals surface area contributed by atoms with Crippen LogP contribution in [0.25, 0.3) is 0 Å². The second-order valence-corrected chi connectivity index (χ2v) is 9.52. The Morgan fingerprint density at radius 2 is 1.96 bits per heavy atom. The molecule has 5 nitrogen and oxygen atoms in total. The molecule has 0 fully saturated rings. The van der Waals surface area contributed by atoms with Crippen molar-refractivity contribution in [2.24, 2.45) is 5.92 Å². The van der Waals surface area contributed by atoms with Crippen molar-refractivity contribution in [1.82, 2.24) is 4.72 Å². The average Bonchev–Trinajstić information content (AvgIpc) is 2.71. The molecule has 0 spiro atoms. The lowest BCUT2D eigenvalue weighted by molar-refractivity contribution is 0.262. The summed E-state index contributed by atoms with van der Waals surface area (Å²) >= 11 is 12.0. The minimum atomic E-state index is -3.60. The molecule has 1 aliphatic rings. The van der Waals surface area contributed by atoms with Crippen molar-refractivity contribution in [1.29, 1.82) is 0 Å². The predicted octanol–water partition coefficient (Wildman–Crippen LogP) is 4.69. The van der Waals surface area contributed by atoms with Crippen LogP contribution < -0.4 is 14.8 Å². The first kappa shape index (κ1) is 20.3. The van der Waals surface area contributed by atoms with Crippen molar-refractivity contribution in [3.8, 4) is 5.75 Å². The molecule has 0 unspecified atom stereocenters. The average molecular weight is 429 g/mol. The summed E-state index contributed by atoms with van der Waals surface area (Å²) in [5.74, 6) is 0.721. The minimum absolute atomic E-state index is 0.161. The van der Waals surface area contributed by atoms with E-state index in [4.69, 9.17) is 27.9 Å².